The lowest BCUT2D eigenvalue weighted by Gasteiger charge is -2.00. The van der Waals surface area contributed by atoms with E-state index in [1.807, 2.05) is 29.7 Å². The third kappa shape index (κ3) is 1.88. The van der Waals surface area contributed by atoms with Crippen LogP contribution in [0.3, 0.4) is 0 Å². The summed E-state index contributed by atoms with van der Waals surface area (Å²) in [6.45, 7) is 0. The topological polar surface area (TPSA) is 99.1 Å². The first kappa shape index (κ1) is 11.2. The minimum absolute atomic E-state index is 0.0341. The minimum atomic E-state index is -0.0346. The zero-order valence-electron chi connectivity index (χ0n) is 9.40. The molecular formula is C12H4N6S. The molecule has 0 aliphatic carbocycles. The summed E-state index contributed by atoms with van der Waals surface area (Å²) in [5, 5.41) is 19.7. The Bertz CT molecular complexity index is 841. The molecule has 3 aromatic rings. The SMILES string of the molecule is N#Cc1nc2ncc(-c3cccs3)nc2nc1C#N. The number of aromatic nitrogens is 4. The number of thiophene rings is 1. The van der Waals surface area contributed by atoms with Crippen LogP contribution in [0, 0.1) is 22.7 Å². The van der Waals surface area contributed by atoms with Gasteiger partial charge in [-0.25, -0.2) is 19.9 Å². The molecule has 19 heavy (non-hydrogen) atoms. The molecule has 0 aromatic carbocycles. The van der Waals surface area contributed by atoms with E-state index in [0.717, 1.165) is 4.88 Å². The molecule has 7 heteroatoms. The summed E-state index contributed by atoms with van der Waals surface area (Å²) in [6.07, 6.45) is 1.58. The summed E-state index contributed by atoms with van der Waals surface area (Å²) in [6, 6.07) is 7.48. The van der Waals surface area contributed by atoms with Crippen molar-refractivity contribution in [2.75, 3.05) is 0 Å². The van der Waals surface area contributed by atoms with Crippen molar-refractivity contribution < 1.29 is 0 Å². The van der Waals surface area contributed by atoms with Crippen LogP contribution < -0.4 is 0 Å². The van der Waals surface area contributed by atoms with Gasteiger partial charge in [0.2, 0.25) is 0 Å². The molecule has 88 valence electrons. The fraction of sp³-hybridized carbons (Fsp3) is 0. The Morgan fingerprint density at radius 2 is 1.74 bits per heavy atom. The van der Waals surface area contributed by atoms with E-state index in [1.165, 1.54) is 11.3 Å². The molecule has 0 radical (unpaired) electrons. The van der Waals surface area contributed by atoms with Crippen molar-refractivity contribution >= 4 is 22.6 Å². The second-order valence-electron chi connectivity index (χ2n) is 3.52. The molecule has 3 aromatic heterocycles. The van der Waals surface area contributed by atoms with Gasteiger partial charge in [-0.05, 0) is 11.4 Å². The molecular weight excluding hydrogens is 260 g/mol. The first-order valence-corrected chi connectivity index (χ1v) is 6.08. The number of fused-ring (bicyclic) bond motifs is 1. The summed E-state index contributed by atoms with van der Waals surface area (Å²) >= 11 is 1.53. The molecule has 0 unspecified atom stereocenters. The highest BCUT2D eigenvalue weighted by molar-refractivity contribution is 7.13. The Morgan fingerprint density at radius 3 is 2.37 bits per heavy atom. The van der Waals surface area contributed by atoms with Gasteiger partial charge in [0, 0.05) is 0 Å². The summed E-state index contributed by atoms with van der Waals surface area (Å²) in [7, 11) is 0. The van der Waals surface area contributed by atoms with Crippen LogP contribution >= 0.6 is 11.3 Å². The van der Waals surface area contributed by atoms with Crippen LogP contribution in [-0.4, -0.2) is 19.9 Å². The van der Waals surface area contributed by atoms with Crippen LogP contribution in [-0.2, 0) is 0 Å². The van der Waals surface area contributed by atoms with E-state index >= 15 is 0 Å². The maximum Gasteiger partial charge on any atom is 0.199 e. The molecule has 0 aliphatic rings. The van der Waals surface area contributed by atoms with Crippen molar-refractivity contribution in [1.29, 1.82) is 10.5 Å². The molecule has 0 atom stereocenters. The molecule has 3 rings (SSSR count). The molecule has 6 nitrogen and oxygen atoms in total. The van der Waals surface area contributed by atoms with E-state index in [1.54, 1.807) is 6.20 Å². The Balaban J connectivity index is 2.25. The maximum absolute atomic E-state index is 8.91. The Morgan fingerprint density at radius 1 is 1.00 bits per heavy atom. The van der Waals surface area contributed by atoms with Gasteiger partial charge in [0.1, 0.15) is 17.8 Å². The first-order valence-electron chi connectivity index (χ1n) is 5.20. The Hall–Kier alpha value is -2.90. The number of rotatable bonds is 1. The molecule has 0 N–H and O–H groups in total. The van der Waals surface area contributed by atoms with Gasteiger partial charge in [0.05, 0.1) is 11.1 Å². The van der Waals surface area contributed by atoms with Crippen LogP contribution in [0.1, 0.15) is 11.4 Å². The highest BCUT2D eigenvalue weighted by atomic mass is 32.1. The third-order valence-corrected chi connectivity index (χ3v) is 3.27. The van der Waals surface area contributed by atoms with Gasteiger partial charge in [-0.3, -0.25) is 0 Å². The Labute approximate surface area is 111 Å². The number of nitriles is 2. The quantitative estimate of drug-likeness (QED) is 0.665. The average molecular weight is 264 g/mol. The molecule has 0 fully saturated rings. The van der Waals surface area contributed by atoms with Crippen molar-refractivity contribution in [1.82, 2.24) is 19.9 Å². The molecule has 0 aliphatic heterocycles. The predicted molar refractivity (Wildman–Crippen MR) is 67.9 cm³/mol. The summed E-state index contributed by atoms with van der Waals surface area (Å²) < 4.78 is 0. The van der Waals surface area contributed by atoms with E-state index < -0.39 is 0 Å². The van der Waals surface area contributed by atoms with Gasteiger partial charge >= 0.3 is 0 Å². The van der Waals surface area contributed by atoms with Crippen molar-refractivity contribution in [3.8, 4) is 22.7 Å². The van der Waals surface area contributed by atoms with Crippen LogP contribution in [0.25, 0.3) is 21.9 Å². The summed E-state index contributed by atoms with van der Waals surface area (Å²) in [4.78, 5) is 17.4. The first-order chi connectivity index (χ1) is 9.31. The monoisotopic (exact) mass is 264 g/mol. The molecule has 0 saturated heterocycles. The molecule has 0 bridgehead atoms. The maximum atomic E-state index is 8.91. The Kier molecular flexibility index (Phi) is 2.60. The fourth-order valence-electron chi connectivity index (χ4n) is 1.54. The average Bonchev–Trinajstić information content (AvgIpc) is 2.99. The lowest BCUT2D eigenvalue weighted by molar-refractivity contribution is 1.12. The van der Waals surface area contributed by atoms with Crippen LogP contribution in [0.5, 0.6) is 0 Å². The zero-order valence-corrected chi connectivity index (χ0v) is 10.2. The molecule has 0 amide bonds. The predicted octanol–water partition coefficient (Wildman–Crippen LogP) is 1.89. The largest absolute Gasteiger partial charge is 0.231 e. The van der Waals surface area contributed by atoms with Gasteiger partial charge < -0.3 is 0 Å². The van der Waals surface area contributed by atoms with E-state index in [-0.39, 0.29) is 22.7 Å². The van der Waals surface area contributed by atoms with Crippen molar-refractivity contribution in [3.05, 3.63) is 35.1 Å². The summed E-state index contributed by atoms with van der Waals surface area (Å²) in [5.74, 6) is 0. The molecule has 3 heterocycles. The van der Waals surface area contributed by atoms with E-state index in [9.17, 15) is 0 Å². The number of hydrogen-bond acceptors (Lipinski definition) is 7. The molecule has 0 saturated carbocycles. The van der Waals surface area contributed by atoms with Crippen LogP contribution in [0.4, 0.5) is 0 Å². The number of nitrogens with zero attached hydrogens (tertiary/aromatic N) is 6. The van der Waals surface area contributed by atoms with Gasteiger partial charge in [-0.15, -0.1) is 11.3 Å². The van der Waals surface area contributed by atoms with E-state index in [4.69, 9.17) is 10.5 Å². The van der Waals surface area contributed by atoms with Crippen LogP contribution in [0.15, 0.2) is 23.7 Å². The van der Waals surface area contributed by atoms with Crippen LogP contribution in [0.2, 0.25) is 0 Å². The highest BCUT2D eigenvalue weighted by Crippen LogP contribution is 2.22. The van der Waals surface area contributed by atoms with Gasteiger partial charge in [0.15, 0.2) is 22.7 Å². The molecule has 0 spiro atoms. The van der Waals surface area contributed by atoms with Gasteiger partial charge in [0.25, 0.3) is 0 Å². The lowest BCUT2D eigenvalue weighted by Crippen LogP contribution is -1.99. The minimum Gasteiger partial charge on any atom is -0.231 e. The van der Waals surface area contributed by atoms with E-state index in [0.29, 0.717) is 5.69 Å². The highest BCUT2D eigenvalue weighted by Gasteiger charge is 2.11. The van der Waals surface area contributed by atoms with E-state index in [2.05, 4.69) is 19.9 Å². The van der Waals surface area contributed by atoms with Gasteiger partial charge in [-0.2, -0.15) is 10.5 Å². The third-order valence-electron chi connectivity index (χ3n) is 2.38. The summed E-state index contributed by atoms with van der Waals surface area (Å²) in [5.41, 5.74) is 1.13. The fourth-order valence-corrected chi connectivity index (χ4v) is 2.22. The second-order valence-corrected chi connectivity index (χ2v) is 4.47. The second kappa shape index (κ2) is 4.41. The van der Waals surface area contributed by atoms with Crippen molar-refractivity contribution in [2.24, 2.45) is 0 Å². The standard InChI is InChI=1S/C12H4N6S/c13-4-7-8(5-14)17-12-11(16-7)15-6-9(18-12)10-2-1-3-19-10/h1-3,6H. The number of hydrogen-bond donors (Lipinski definition) is 0. The van der Waals surface area contributed by atoms with Gasteiger partial charge in [-0.1, -0.05) is 6.07 Å². The van der Waals surface area contributed by atoms with Crippen molar-refractivity contribution in [3.63, 3.8) is 0 Å². The smallest absolute Gasteiger partial charge is 0.199 e. The zero-order chi connectivity index (χ0) is 13.2. The lowest BCUT2D eigenvalue weighted by atomic mass is 10.3. The van der Waals surface area contributed by atoms with Crippen molar-refractivity contribution in [2.45, 2.75) is 0 Å². The normalized spacial score (nSPS) is 10.0.